The summed E-state index contributed by atoms with van der Waals surface area (Å²) in [4.78, 5) is 13.9. The smallest absolute Gasteiger partial charge is 0.225 e. The van der Waals surface area contributed by atoms with Crippen LogP contribution in [-0.2, 0) is 14.3 Å². The summed E-state index contributed by atoms with van der Waals surface area (Å²) in [5.41, 5.74) is -0.770. The maximum Gasteiger partial charge on any atom is 0.225 e. The Kier molecular flexibility index (Phi) is 4.59. The van der Waals surface area contributed by atoms with Crippen LogP contribution in [0.25, 0.3) is 0 Å². The molecule has 1 N–H and O–H groups in total. The van der Waals surface area contributed by atoms with Gasteiger partial charge in [-0.25, -0.2) is 0 Å². The number of amides is 1. The minimum atomic E-state index is -0.770. The molecule has 0 aliphatic carbocycles. The van der Waals surface area contributed by atoms with E-state index in [4.69, 9.17) is 9.47 Å². The highest BCUT2D eigenvalue weighted by Gasteiger charge is 2.34. The monoisotopic (exact) mass is 257 g/mol. The van der Waals surface area contributed by atoms with E-state index in [1.165, 1.54) is 0 Å². The third-order valence-electron chi connectivity index (χ3n) is 3.90. The third-order valence-corrected chi connectivity index (χ3v) is 3.90. The van der Waals surface area contributed by atoms with Crippen LogP contribution in [0.5, 0.6) is 0 Å². The summed E-state index contributed by atoms with van der Waals surface area (Å²) in [6, 6.07) is 0. The maximum atomic E-state index is 12.2. The predicted octanol–water partition coefficient (Wildman–Crippen LogP) is 0.413. The van der Waals surface area contributed by atoms with Crippen LogP contribution in [-0.4, -0.2) is 61.5 Å². The number of likely N-dealkylation sites (N-methyl/N-ethyl adjacent to an activating group) is 1. The van der Waals surface area contributed by atoms with Crippen molar-refractivity contribution >= 4 is 5.91 Å². The van der Waals surface area contributed by atoms with Crippen LogP contribution in [0.2, 0.25) is 0 Å². The van der Waals surface area contributed by atoms with Crippen molar-refractivity contribution < 1.29 is 19.4 Å². The van der Waals surface area contributed by atoms with E-state index >= 15 is 0 Å². The minimum absolute atomic E-state index is 0.0622. The molecule has 0 aromatic heterocycles. The Balaban J connectivity index is 1.85. The fourth-order valence-corrected chi connectivity index (χ4v) is 2.69. The molecule has 0 aromatic rings. The van der Waals surface area contributed by atoms with Crippen LogP contribution in [0.3, 0.4) is 0 Å². The molecule has 0 radical (unpaired) electrons. The highest BCUT2D eigenvalue weighted by Crippen LogP contribution is 2.23. The normalized spacial score (nSPS) is 24.8. The van der Waals surface area contributed by atoms with E-state index in [9.17, 15) is 9.90 Å². The fraction of sp³-hybridized carbons (Fsp3) is 0.923. The summed E-state index contributed by atoms with van der Waals surface area (Å²) in [6.45, 7) is 2.91. The second kappa shape index (κ2) is 5.99. The first-order valence-corrected chi connectivity index (χ1v) is 6.74. The summed E-state index contributed by atoms with van der Waals surface area (Å²) in [5.74, 6) is 0.199. The van der Waals surface area contributed by atoms with Crippen molar-refractivity contribution in [1.29, 1.82) is 0 Å². The van der Waals surface area contributed by atoms with Crippen molar-refractivity contribution in [1.82, 2.24) is 4.90 Å². The molecule has 0 atom stereocenters. The number of hydrogen-bond acceptors (Lipinski definition) is 4. The fourth-order valence-electron chi connectivity index (χ4n) is 2.69. The van der Waals surface area contributed by atoms with Crippen LogP contribution in [0.4, 0.5) is 0 Å². The Bertz CT molecular complexity index is 283. The number of hydrogen-bond donors (Lipinski definition) is 1. The number of carbonyl (C=O) groups excluding carboxylic acids is 1. The largest absolute Gasteiger partial charge is 0.388 e. The Morgan fingerprint density at radius 1 is 1.22 bits per heavy atom. The molecule has 0 unspecified atom stereocenters. The lowest BCUT2D eigenvalue weighted by atomic mass is 9.92. The average molecular weight is 257 g/mol. The van der Waals surface area contributed by atoms with Gasteiger partial charge in [-0.1, -0.05) is 0 Å². The van der Waals surface area contributed by atoms with Gasteiger partial charge in [-0.05, 0) is 12.8 Å². The molecule has 0 saturated carbocycles. The molecule has 2 aliphatic rings. The number of nitrogens with zero attached hydrogens (tertiary/aromatic N) is 1. The molecule has 2 fully saturated rings. The van der Waals surface area contributed by atoms with Gasteiger partial charge in [0.2, 0.25) is 5.91 Å². The Hall–Kier alpha value is -0.650. The molecule has 0 spiro atoms. The van der Waals surface area contributed by atoms with Crippen LogP contribution in [0.15, 0.2) is 0 Å². The highest BCUT2D eigenvalue weighted by atomic mass is 16.5. The SMILES string of the molecule is CN(CC1(O)CCOCC1)C(=O)C1CCOCC1. The minimum Gasteiger partial charge on any atom is -0.388 e. The van der Waals surface area contributed by atoms with E-state index in [-0.39, 0.29) is 11.8 Å². The maximum absolute atomic E-state index is 12.2. The van der Waals surface area contributed by atoms with E-state index in [1.54, 1.807) is 11.9 Å². The molecule has 2 rings (SSSR count). The van der Waals surface area contributed by atoms with Gasteiger partial charge < -0.3 is 19.5 Å². The van der Waals surface area contributed by atoms with Crippen molar-refractivity contribution in [2.24, 2.45) is 5.92 Å². The van der Waals surface area contributed by atoms with Crippen molar-refractivity contribution in [3.63, 3.8) is 0 Å². The number of aliphatic hydroxyl groups is 1. The van der Waals surface area contributed by atoms with Crippen molar-refractivity contribution in [3.05, 3.63) is 0 Å². The summed E-state index contributed by atoms with van der Waals surface area (Å²) in [6.07, 6.45) is 2.81. The van der Waals surface area contributed by atoms with Gasteiger partial charge in [0.25, 0.3) is 0 Å². The van der Waals surface area contributed by atoms with Crippen molar-refractivity contribution in [2.75, 3.05) is 40.0 Å². The molecule has 2 saturated heterocycles. The highest BCUT2D eigenvalue weighted by molar-refractivity contribution is 5.78. The van der Waals surface area contributed by atoms with E-state index in [0.29, 0.717) is 45.8 Å². The van der Waals surface area contributed by atoms with Crippen LogP contribution in [0.1, 0.15) is 25.7 Å². The van der Waals surface area contributed by atoms with E-state index < -0.39 is 5.60 Å². The average Bonchev–Trinajstić information content (AvgIpc) is 2.39. The second-order valence-corrected chi connectivity index (χ2v) is 5.42. The van der Waals surface area contributed by atoms with E-state index in [0.717, 1.165) is 12.8 Å². The van der Waals surface area contributed by atoms with E-state index in [2.05, 4.69) is 0 Å². The topological polar surface area (TPSA) is 59.0 Å². The van der Waals surface area contributed by atoms with Crippen LogP contribution in [0, 0.1) is 5.92 Å². The van der Waals surface area contributed by atoms with Crippen molar-refractivity contribution in [2.45, 2.75) is 31.3 Å². The summed E-state index contributed by atoms with van der Waals surface area (Å²) in [5, 5.41) is 10.4. The number of ether oxygens (including phenoxy) is 2. The lowest BCUT2D eigenvalue weighted by Gasteiger charge is -2.36. The summed E-state index contributed by atoms with van der Waals surface area (Å²) in [7, 11) is 1.78. The summed E-state index contributed by atoms with van der Waals surface area (Å²) < 4.78 is 10.5. The standard InChI is InChI=1S/C13H23NO4/c1-14(10-13(16)4-8-18-9-5-13)12(15)11-2-6-17-7-3-11/h11,16H,2-10H2,1H3. The van der Waals surface area contributed by atoms with Crippen molar-refractivity contribution in [3.8, 4) is 0 Å². The quantitative estimate of drug-likeness (QED) is 0.795. The number of carbonyl (C=O) groups is 1. The Morgan fingerprint density at radius 3 is 2.39 bits per heavy atom. The lowest BCUT2D eigenvalue weighted by molar-refractivity contribution is -0.143. The molecule has 5 nitrogen and oxygen atoms in total. The van der Waals surface area contributed by atoms with Crippen LogP contribution < -0.4 is 0 Å². The molecule has 0 aromatic carbocycles. The lowest BCUT2D eigenvalue weighted by Crippen LogP contribution is -2.49. The molecule has 2 heterocycles. The molecule has 104 valence electrons. The van der Waals surface area contributed by atoms with Gasteiger partial charge in [0.1, 0.15) is 0 Å². The molecule has 2 aliphatic heterocycles. The molecule has 18 heavy (non-hydrogen) atoms. The van der Waals surface area contributed by atoms with Gasteiger partial charge in [-0.3, -0.25) is 4.79 Å². The molecule has 0 bridgehead atoms. The molecular weight excluding hydrogens is 234 g/mol. The second-order valence-electron chi connectivity index (χ2n) is 5.42. The van der Waals surface area contributed by atoms with E-state index in [1.807, 2.05) is 0 Å². The van der Waals surface area contributed by atoms with Gasteiger partial charge in [0, 0.05) is 58.8 Å². The van der Waals surface area contributed by atoms with Gasteiger partial charge in [-0.2, -0.15) is 0 Å². The van der Waals surface area contributed by atoms with Crippen LogP contribution >= 0.6 is 0 Å². The first-order valence-electron chi connectivity index (χ1n) is 6.74. The first-order chi connectivity index (χ1) is 8.61. The zero-order valence-corrected chi connectivity index (χ0v) is 11.1. The first kappa shape index (κ1) is 13.8. The van der Waals surface area contributed by atoms with Gasteiger partial charge in [-0.15, -0.1) is 0 Å². The Morgan fingerprint density at radius 2 is 1.78 bits per heavy atom. The molecule has 5 heteroatoms. The Labute approximate surface area is 108 Å². The van der Waals surface area contributed by atoms with Gasteiger partial charge in [0.05, 0.1) is 5.60 Å². The number of rotatable bonds is 3. The predicted molar refractivity (Wildman–Crippen MR) is 66.2 cm³/mol. The zero-order chi connectivity index (χ0) is 13.0. The van der Waals surface area contributed by atoms with Gasteiger partial charge in [0.15, 0.2) is 0 Å². The van der Waals surface area contributed by atoms with Gasteiger partial charge >= 0.3 is 0 Å². The molecule has 1 amide bonds. The summed E-state index contributed by atoms with van der Waals surface area (Å²) >= 11 is 0. The third kappa shape index (κ3) is 3.43. The zero-order valence-electron chi connectivity index (χ0n) is 11.1. The molecular formula is C13H23NO4.